The molecule has 0 fully saturated rings. The van der Waals surface area contributed by atoms with E-state index in [1.54, 1.807) is 7.05 Å². The van der Waals surface area contributed by atoms with Crippen molar-refractivity contribution >= 4 is 10.0 Å². The molecule has 1 heterocycles. The van der Waals surface area contributed by atoms with Crippen molar-refractivity contribution in [3.63, 3.8) is 0 Å². The zero-order chi connectivity index (χ0) is 13.8. The van der Waals surface area contributed by atoms with Crippen LogP contribution >= 0.6 is 0 Å². The molecule has 2 N–H and O–H groups in total. The summed E-state index contributed by atoms with van der Waals surface area (Å²) in [5, 5.41) is 13.2. The Hall–Kier alpha value is -0.920. The Balaban J connectivity index is 2.79. The summed E-state index contributed by atoms with van der Waals surface area (Å²) in [5.74, 6) is 0. The number of rotatable bonds is 7. The molecule has 1 aromatic heterocycles. The summed E-state index contributed by atoms with van der Waals surface area (Å²) in [6, 6.07) is 0. The summed E-state index contributed by atoms with van der Waals surface area (Å²) in [4.78, 5) is 0.143. The fourth-order valence-electron chi connectivity index (χ4n) is 1.65. The third-order valence-electron chi connectivity index (χ3n) is 3.46. The van der Waals surface area contributed by atoms with Crippen LogP contribution in [0.15, 0.2) is 17.3 Å². The van der Waals surface area contributed by atoms with Crippen molar-refractivity contribution in [3.05, 3.63) is 12.4 Å². The largest absolute Gasteiger partial charge is 0.396 e. The zero-order valence-electron chi connectivity index (χ0n) is 11.0. The number of aliphatic hydroxyl groups excluding tert-OH is 1. The maximum Gasteiger partial charge on any atom is 0.243 e. The lowest BCUT2D eigenvalue weighted by molar-refractivity contribution is 0.119. The van der Waals surface area contributed by atoms with E-state index in [0.717, 1.165) is 12.8 Å². The maximum absolute atomic E-state index is 12.0. The first-order valence-electron chi connectivity index (χ1n) is 5.98. The van der Waals surface area contributed by atoms with Gasteiger partial charge in [0.2, 0.25) is 10.0 Å². The second-order valence-corrected chi connectivity index (χ2v) is 6.31. The van der Waals surface area contributed by atoms with Gasteiger partial charge in [-0.2, -0.15) is 5.10 Å². The average Bonchev–Trinajstić information content (AvgIpc) is 2.79. The summed E-state index contributed by atoms with van der Waals surface area (Å²) in [6.45, 7) is 4.08. The van der Waals surface area contributed by atoms with Gasteiger partial charge in [0.1, 0.15) is 4.90 Å². The molecule has 7 heteroatoms. The summed E-state index contributed by atoms with van der Waals surface area (Å²) < 4.78 is 28.0. The van der Waals surface area contributed by atoms with Crippen LogP contribution in [0, 0.1) is 5.41 Å². The van der Waals surface area contributed by atoms with Crippen LogP contribution in [0.25, 0.3) is 0 Å². The van der Waals surface area contributed by atoms with Crippen molar-refractivity contribution in [1.82, 2.24) is 14.5 Å². The minimum atomic E-state index is -3.55. The molecule has 0 atom stereocenters. The van der Waals surface area contributed by atoms with E-state index in [1.165, 1.54) is 17.1 Å². The molecule has 104 valence electrons. The smallest absolute Gasteiger partial charge is 0.243 e. The molecule has 18 heavy (non-hydrogen) atoms. The van der Waals surface area contributed by atoms with E-state index < -0.39 is 15.4 Å². The van der Waals surface area contributed by atoms with E-state index in [9.17, 15) is 13.5 Å². The van der Waals surface area contributed by atoms with Crippen molar-refractivity contribution < 1.29 is 13.5 Å². The first-order valence-corrected chi connectivity index (χ1v) is 7.46. The van der Waals surface area contributed by atoms with Crippen LogP contribution in [-0.2, 0) is 17.1 Å². The molecule has 0 spiro atoms. The number of hydrogen-bond donors (Lipinski definition) is 2. The van der Waals surface area contributed by atoms with Gasteiger partial charge >= 0.3 is 0 Å². The minimum Gasteiger partial charge on any atom is -0.396 e. The van der Waals surface area contributed by atoms with Gasteiger partial charge in [0.25, 0.3) is 0 Å². The molecule has 1 aromatic rings. The predicted molar refractivity (Wildman–Crippen MR) is 68.5 cm³/mol. The highest BCUT2D eigenvalue weighted by molar-refractivity contribution is 7.89. The molecule has 0 saturated carbocycles. The molecule has 0 aliphatic heterocycles. The van der Waals surface area contributed by atoms with E-state index in [0.29, 0.717) is 0 Å². The molecule has 0 aliphatic rings. The molecular formula is C11H21N3O3S. The highest BCUT2D eigenvalue weighted by Crippen LogP contribution is 2.25. The van der Waals surface area contributed by atoms with Gasteiger partial charge in [-0.05, 0) is 12.8 Å². The highest BCUT2D eigenvalue weighted by atomic mass is 32.2. The second kappa shape index (κ2) is 5.81. The molecule has 0 aromatic carbocycles. The fourth-order valence-corrected chi connectivity index (χ4v) is 2.79. The average molecular weight is 275 g/mol. The van der Waals surface area contributed by atoms with Gasteiger partial charge < -0.3 is 5.11 Å². The number of sulfonamides is 1. The lowest BCUT2D eigenvalue weighted by Crippen LogP contribution is -2.39. The van der Waals surface area contributed by atoms with E-state index in [1.807, 2.05) is 13.8 Å². The highest BCUT2D eigenvalue weighted by Gasteiger charge is 2.28. The van der Waals surface area contributed by atoms with E-state index in [2.05, 4.69) is 9.82 Å². The Kier molecular flexibility index (Phi) is 4.89. The standard InChI is InChI=1S/C11H21N3O3S/c1-4-11(5-2,9-15)8-13-18(16,17)10-6-12-14(3)7-10/h6-7,13,15H,4-5,8-9H2,1-3H3. The van der Waals surface area contributed by atoms with Gasteiger partial charge in [-0.15, -0.1) is 0 Å². The zero-order valence-corrected chi connectivity index (χ0v) is 11.9. The lowest BCUT2D eigenvalue weighted by atomic mass is 9.84. The molecule has 6 nitrogen and oxygen atoms in total. The Morgan fingerprint density at radius 3 is 2.44 bits per heavy atom. The molecule has 0 aliphatic carbocycles. The molecule has 1 rings (SSSR count). The Bertz CT molecular complexity index is 469. The van der Waals surface area contributed by atoms with Gasteiger partial charge in [0.15, 0.2) is 0 Å². The number of hydrogen-bond acceptors (Lipinski definition) is 4. The van der Waals surface area contributed by atoms with Crippen LogP contribution in [0.3, 0.4) is 0 Å². The summed E-state index contributed by atoms with van der Waals surface area (Å²) in [7, 11) is -1.89. The summed E-state index contributed by atoms with van der Waals surface area (Å²) >= 11 is 0. The van der Waals surface area contributed by atoms with Crippen LogP contribution < -0.4 is 4.72 Å². The van der Waals surface area contributed by atoms with E-state index in [4.69, 9.17) is 0 Å². The molecular weight excluding hydrogens is 254 g/mol. The van der Waals surface area contributed by atoms with Gasteiger partial charge in [0.05, 0.1) is 6.20 Å². The fraction of sp³-hybridized carbons (Fsp3) is 0.727. The Morgan fingerprint density at radius 2 is 2.06 bits per heavy atom. The molecule has 0 bridgehead atoms. The van der Waals surface area contributed by atoms with Crippen molar-refractivity contribution in [1.29, 1.82) is 0 Å². The number of nitrogens with one attached hydrogen (secondary N) is 1. The van der Waals surface area contributed by atoms with Crippen molar-refractivity contribution in [2.45, 2.75) is 31.6 Å². The van der Waals surface area contributed by atoms with Gasteiger partial charge in [-0.3, -0.25) is 4.68 Å². The first kappa shape index (κ1) is 15.1. The van der Waals surface area contributed by atoms with Crippen LogP contribution in [-0.4, -0.2) is 36.5 Å². The number of aliphatic hydroxyl groups is 1. The number of nitrogens with zero attached hydrogens (tertiary/aromatic N) is 2. The van der Waals surface area contributed by atoms with Crippen LogP contribution in [0.1, 0.15) is 26.7 Å². The SMILES string of the molecule is CCC(CC)(CO)CNS(=O)(=O)c1cnn(C)c1. The lowest BCUT2D eigenvalue weighted by Gasteiger charge is -2.29. The normalized spacial score (nSPS) is 12.9. The van der Waals surface area contributed by atoms with Crippen molar-refractivity contribution in [2.75, 3.05) is 13.2 Å². The van der Waals surface area contributed by atoms with E-state index in [-0.39, 0.29) is 18.0 Å². The number of aromatic nitrogens is 2. The second-order valence-electron chi connectivity index (χ2n) is 4.54. The summed E-state index contributed by atoms with van der Waals surface area (Å²) in [5.41, 5.74) is -0.394. The minimum absolute atomic E-state index is 0.0322. The van der Waals surface area contributed by atoms with Gasteiger partial charge in [0, 0.05) is 31.8 Å². The number of aryl methyl sites for hydroxylation is 1. The Labute approximate surface area is 108 Å². The quantitative estimate of drug-likeness (QED) is 0.759. The van der Waals surface area contributed by atoms with Crippen molar-refractivity contribution in [3.8, 4) is 0 Å². The molecule has 0 unspecified atom stereocenters. The van der Waals surface area contributed by atoms with E-state index >= 15 is 0 Å². The molecule has 0 saturated heterocycles. The van der Waals surface area contributed by atoms with Crippen LogP contribution in [0.2, 0.25) is 0 Å². The van der Waals surface area contributed by atoms with Gasteiger partial charge in [-0.1, -0.05) is 13.8 Å². The van der Waals surface area contributed by atoms with Crippen LogP contribution in [0.4, 0.5) is 0 Å². The monoisotopic (exact) mass is 275 g/mol. The van der Waals surface area contributed by atoms with Crippen LogP contribution in [0.5, 0.6) is 0 Å². The topological polar surface area (TPSA) is 84.2 Å². The first-order chi connectivity index (χ1) is 8.39. The van der Waals surface area contributed by atoms with Gasteiger partial charge in [-0.25, -0.2) is 13.1 Å². The summed E-state index contributed by atoms with van der Waals surface area (Å²) in [6.07, 6.45) is 4.19. The third kappa shape index (κ3) is 3.30. The molecule has 0 radical (unpaired) electrons. The third-order valence-corrected chi connectivity index (χ3v) is 4.82. The molecule has 0 amide bonds. The Morgan fingerprint density at radius 1 is 1.44 bits per heavy atom. The maximum atomic E-state index is 12.0. The predicted octanol–water partition coefficient (Wildman–Crippen LogP) is 0.497. The van der Waals surface area contributed by atoms with Crippen molar-refractivity contribution in [2.24, 2.45) is 12.5 Å².